The van der Waals surface area contributed by atoms with Gasteiger partial charge in [0, 0.05) is 0 Å². The number of hydrogen-bond acceptors (Lipinski definition) is 1. The average molecular weight is 280 g/mol. The van der Waals surface area contributed by atoms with E-state index in [2.05, 4.69) is 6.92 Å². The molecule has 1 unspecified atom stereocenters. The molecule has 1 aromatic rings. The number of aliphatic carboxylic acids is 1. The molecule has 0 aliphatic rings. The summed E-state index contributed by atoms with van der Waals surface area (Å²) in [5, 5.41) is 9.25. The van der Waals surface area contributed by atoms with Crippen molar-refractivity contribution in [2.45, 2.75) is 58.3 Å². The van der Waals surface area contributed by atoms with Gasteiger partial charge in [0.1, 0.15) is 5.82 Å². The number of hydrogen-bond donors (Lipinski definition) is 1. The van der Waals surface area contributed by atoms with Gasteiger partial charge in [-0.15, -0.1) is 0 Å². The molecule has 0 saturated heterocycles. The van der Waals surface area contributed by atoms with E-state index in [0.29, 0.717) is 12.8 Å². The van der Waals surface area contributed by atoms with Crippen molar-refractivity contribution < 1.29 is 14.3 Å². The van der Waals surface area contributed by atoms with E-state index in [1.807, 2.05) is 0 Å². The third-order valence-electron chi connectivity index (χ3n) is 3.63. The molecule has 0 aliphatic heterocycles. The Morgan fingerprint density at radius 1 is 1.20 bits per heavy atom. The Hall–Kier alpha value is -1.38. The zero-order chi connectivity index (χ0) is 14.8. The molecule has 20 heavy (non-hydrogen) atoms. The van der Waals surface area contributed by atoms with Gasteiger partial charge < -0.3 is 5.11 Å². The third kappa shape index (κ3) is 6.69. The molecule has 0 fully saturated rings. The highest BCUT2D eigenvalue weighted by atomic mass is 19.1. The zero-order valence-corrected chi connectivity index (χ0v) is 12.3. The standard InChI is InChI=1S/C17H25FO2/c1-2-3-4-5-6-7-10-15(17(19)20)12-14-9-8-11-16(18)13-14/h8-9,11,13,15H,2-7,10,12H2,1H3,(H,19,20). The van der Waals surface area contributed by atoms with Gasteiger partial charge in [-0.2, -0.15) is 0 Å². The van der Waals surface area contributed by atoms with Gasteiger partial charge in [0.15, 0.2) is 0 Å². The Labute approximate surface area is 121 Å². The Balaban J connectivity index is 2.35. The van der Waals surface area contributed by atoms with Crippen LogP contribution in [0.5, 0.6) is 0 Å². The molecular weight excluding hydrogens is 255 g/mol. The van der Waals surface area contributed by atoms with Gasteiger partial charge in [-0.1, -0.05) is 57.6 Å². The summed E-state index contributed by atoms with van der Waals surface area (Å²) in [4.78, 5) is 11.3. The van der Waals surface area contributed by atoms with E-state index < -0.39 is 11.9 Å². The number of carboxylic acid groups (broad SMARTS) is 1. The summed E-state index contributed by atoms with van der Waals surface area (Å²) in [6.45, 7) is 2.18. The predicted octanol–water partition coefficient (Wildman–Crippen LogP) is 4.82. The minimum atomic E-state index is -0.775. The second kappa shape index (κ2) is 9.51. The van der Waals surface area contributed by atoms with Crippen LogP contribution in [-0.4, -0.2) is 11.1 Å². The maximum Gasteiger partial charge on any atom is 0.306 e. The van der Waals surface area contributed by atoms with Gasteiger partial charge in [-0.3, -0.25) is 4.79 Å². The smallest absolute Gasteiger partial charge is 0.306 e. The largest absolute Gasteiger partial charge is 0.481 e. The van der Waals surface area contributed by atoms with Gasteiger partial charge in [-0.05, 0) is 30.5 Å². The first-order valence-electron chi connectivity index (χ1n) is 7.60. The highest BCUT2D eigenvalue weighted by Gasteiger charge is 2.17. The van der Waals surface area contributed by atoms with Crippen molar-refractivity contribution in [3.63, 3.8) is 0 Å². The summed E-state index contributed by atoms with van der Waals surface area (Å²) in [7, 11) is 0. The van der Waals surface area contributed by atoms with Gasteiger partial charge in [-0.25, -0.2) is 4.39 Å². The molecule has 0 aromatic heterocycles. The molecule has 0 bridgehead atoms. The third-order valence-corrected chi connectivity index (χ3v) is 3.63. The molecule has 0 saturated carbocycles. The highest BCUT2D eigenvalue weighted by Crippen LogP contribution is 2.18. The van der Waals surface area contributed by atoms with Gasteiger partial charge in [0.25, 0.3) is 0 Å². The zero-order valence-electron chi connectivity index (χ0n) is 12.3. The van der Waals surface area contributed by atoms with Gasteiger partial charge >= 0.3 is 5.97 Å². The first-order chi connectivity index (χ1) is 9.63. The number of carboxylic acids is 1. The summed E-state index contributed by atoms with van der Waals surface area (Å²) in [5.41, 5.74) is 0.767. The van der Waals surface area contributed by atoms with Crippen LogP contribution in [0, 0.1) is 11.7 Å². The van der Waals surface area contributed by atoms with Crippen molar-refractivity contribution in [2.24, 2.45) is 5.92 Å². The Morgan fingerprint density at radius 3 is 2.55 bits per heavy atom. The van der Waals surface area contributed by atoms with Crippen molar-refractivity contribution in [2.75, 3.05) is 0 Å². The molecule has 0 aliphatic carbocycles. The number of rotatable bonds is 10. The van der Waals surface area contributed by atoms with Gasteiger partial charge in [0.05, 0.1) is 5.92 Å². The number of carbonyl (C=O) groups is 1. The first-order valence-corrected chi connectivity index (χ1v) is 7.60. The first kappa shape index (κ1) is 16.7. The summed E-state index contributed by atoms with van der Waals surface area (Å²) in [5.74, 6) is -1.48. The molecule has 112 valence electrons. The second-order valence-electron chi connectivity index (χ2n) is 5.43. The van der Waals surface area contributed by atoms with E-state index in [9.17, 15) is 14.3 Å². The molecule has 1 N–H and O–H groups in total. The van der Waals surface area contributed by atoms with Crippen molar-refractivity contribution in [3.8, 4) is 0 Å². The lowest BCUT2D eigenvalue weighted by atomic mass is 9.93. The number of benzene rings is 1. The fraction of sp³-hybridized carbons (Fsp3) is 0.588. The molecule has 1 rings (SSSR count). The van der Waals surface area contributed by atoms with Crippen LogP contribution < -0.4 is 0 Å². The summed E-state index contributed by atoms with van der Waals surface area (Å²) in [6, 6.07) is 6.23. The quantitative estimate of drug-likeness (QED) is 0.624. The minimum Gasteiger partial charge on any atom is -0.481 e. The van der Waals surface area contributed by atoms with E-state index in [-0.39, 0.29) is 5.82 Å². The molecular formula is C17H25FO2. The lowest BCUT2D eigenvalue weighted by Crippen LogP contribution is -2.16. The normalized spacial score (nSPS) is 12.3. The molecule has 0 amide bonds. The molecule has 0 radical (unpaired) electrons. The monoisotopic (exact) mass is 280 g/mol. The van der Waals surface area contributed by atoms with Crippen LogP contribution in [0.15, 0.2) is 24.3 Å². The second-order valence-corrected chi connectivity index (χ2v) is 5.43. The van der Waals surface area contributed by atoms with Gasteiger partial charge in [0.2, 0.25) is 0 Å². The molecule has 2 nitrogen and oxygen atoms in total. The van der Waals surface area contributed by atoms with Crippen molar-refractivity contribution in [1.82, 2.24) is 0 Å². The lowest BCUT2D eigenvalue weighted by Gasteiger charge is -2.12. The van der Waals surface area contributed by atoms with E-state index in [4.69, 9.17) is 0 Å². The van der Waals surface area contributed by atoms with Crippen LogP contribution in [0.3, 0.4) is 0 Å². The fourth-order valence-corrected chi connectivity index (χ4v) is 2.43. The van der Waals surface area contributed by atoms with Crippen LogP contribution in [-0.2, 0) is 11.2 Å². The van der Waals surface area contributed by atoms with E-state index in [1.165, 1.54) is 37.8 Å². The highest BCUT2D eigenvalue weighted by molar-refractivity contribution is 5.70. The molecule has 1 atom stereocenters. The maximum atomic E-state index is 13.1. The summed E-state index contributed by atoms with van der Waals surface area (Å²) in [6.07, 6.45) is 8.02. The lowest BCUT2D eigenvalue weighted by molar-refractivity contribution is -0.142. The SMILES string of the molecule is CCCCCCCCC(Cc1cccc(F)c1)C(=O)O. The van der Waals surface area contributed by atoms with E-state index >= 15 is 0 Å². The van der Waals surface area contributed by atoms with Crippen molar-refractivity contribution in [1.29, 1.82) is 0 Å². The topological polar surface area (TPSA) is 37.3 Å². The Kier molecular flexibility index (Phi) is 7.93. The number of unbranched alkanes of at least 4 members (excludes halogenated alkanes) is 5. The van der Waals surface area contributed by atoms with Crippen LogP contribution in [0.25, 0.3) is 0 Å². The number of halogens is 1. The average Bonchev–Trinajstić information content (AvgIpc) is 2.41. The molecule has 1 aromatic carbocycles. The minimum absolute atomic E-state index is 0.300. The Bertz CT molecular complexity index is 404. The van der Waals surface area contributed by atoms with E-state index in [0.717, 1.165) is 18.4 Å². The molecule has 0 heterocycles. The summed E-state index contributed by atoms with van der Waals surface area (Å²) < 4.78 is 13.1. The van der Waals surface area contributed by atoms with Crippen molar-refractivity contribution >= 4 is 5.97 Å². The molecule has 0 spiro atoms. The van der Waals surface area contributed by atoms with Crippen molar-refractivity contribution in [3.05, 3.63) is 35.6 Å². The Morgan fingerprint density at radius 2 is 1.90 bits per heavy atom. The maximum absolute atomic E-state index is 13.1. The van der Waals surface area contributed by atoms with Crippen LogP contribution in [0.4, 0.5) is 4.39 Å². The molecule has 3 heteroatoms. The van der Waals surface area contributed by atoms with Crippen LogP contribution >= 0.6 is 0 Å². The fourth-order valence-electron chi connectivity index (χ4n) is 2.43. The van der Waals surface area contributed by atoms with Crippen LogP contribution in [0.1, 0.15) is 57.4 Å². The van der Waals surface area contributed by atoms with E-state index in [1.54, 1.807) is 12.1 Å². The summed E-state index contributed by atoms with van der Waals surface area (Å²) >= 11 is 0. The predicted molar refractivity (Wildman–Crippen MR) is 79.2 cm³/mol. The van der Waals surface area contributed by atoms with Crippen LogP contribution in [0.2, 0.25) is 0 Å².